The number of nitrogens with two attached hydrogens (primary N) is 1. The zero-order valence-electron chi connectivity index (χ0n) is 13.2. The largest absolute Gasteiger partial charge is 0.324 e. The Morgan fingerprint density at radius 2 is 1.82 bits per heavy atom. The van der Waals surface area contributed by atoms with Gasteiger partial charge in [0.15, 0.2) is 0 Å². The molecule has 3 heteroatoms. The van der Waals surface area contributed by atoms with Gasteiger partial charge in [-0.3, -0.25) is 0 Å². The zero-order valence-corrected chi connectivity index (χ0v) is 13.2. The molecule has 22 heavy (non-hydrogen) atoms. The summed E-state index contributed by atoms with van der Waals surface area (Å²) in [5, 5.41) is 0. The summed E-state index contributed by atoms with van der Waals surface area (Å²) in [6.45, 7) is 3.60. The van der Waals surface area contributed by atoms with Gasteiger partial charge in [-0.1, -0.05) is 44.7 Å². The smallest absolute Gasteiger partial charge is 0.133 e. The van der Waals surface area contributed by atoms with Gasteiger partial charge < -0.3 is 15.4 Å². The second-order valence-corrected chi connectivity index (χ2v) is 6.24. The molecule has 1 aromatic rings. The number of fused-ring (bicyclic) bond motifs is 2. The lowest BCUT2D eigenvalue weighted by molar-refractivity contribution is -0.106. The summed E-state index contributed by atoms with van der Waals surface area (Å²) in [4.78, 5) is 11.6. The van der Waals surface area contributed by atoms with Crippen LogP contribution in [-0.4, -0.2) is 37.4 Å². The summed E-state index contributed by atoms with van der Waals surface area (Å²) in [7, 11) is 2.31. The quantitative estimate of drug-likeness (QED) is 0.868. The zero-order chi connectivity index (χ0) is 15.2. The van der Waals surface area contributed by atoms with Crippen molar-refractivity contribution in [2.45, 2.75) is 45.6 Å². The first-order valence-electron chi connectivity index (χ1n) is 8.11. The minimum atomic E-state index is 0. The molecule has 0 saturated heterocycles. The number of benzene rings is 1. The van der Waals surface area contributed by atoms with Crippen molar-refractivity contribution in [3.8, 4) is 0 Å². The first-order valence-corrected chi connectivity index (χ1v) is 8.11. The van der Waals surface area contributed by atoms with E-state index >= 15 is 0 Å². The van der Waals surface area contributed by atoms with E-state index in [2.05, 4.69) is 54.9 Å². The van der Waals surface area contributed by atoms with Crippen LogP contribution < -0.4 is 5.73 Å². The lowest BCUT2D eigenvalue weighted by atomic mass is 9.79. The number of carbonyl (C=O) groups is 1. The maximum Gasteiger partial charge on any atom is 0.133 e. The van der Waals surface area contributed by atoms with Gasteiger partial charge in [0.2, 0.25) is 0 Å². The Balaban J connectivity index is 0.000000436. The Labute approximate surface area is 135 Å². The van der Waals surface area contributed by atoms with Gasteiger partial charge in [-0.05, 0) is 50.3 Å². The lowest BCUT2D eigenvalue weighted by Crippen LogP contribution is -2.40. The lowest BCUT2D eigenvalue weighted by Gasteiger charge is -2.37. The van der Waals surface area contributed by atoms with E-state index in [1.807, 2.05) is 0 Å². The summed E-state index contributed by atoms with van der Waals surface area (Å²) in [6.07, 6.45) is 5.04. The highest BCUT2D eigenvalue weighted by Gasteiger charge is 2.49. The standard InChI is InChI=1S/C16H23N.C2H5NO.CH4/c1-3-17(2)16-14-10-9-13(11-14)15(16)12-7-5-4-6-8-12;3-1-2-4;/h4-8,13-16H,3,9-11H2,1-2H3;2H,1,3H2;1H4. The number of likely N-dealkylation sites (N-methyl/N-ethyl adjacent to an activating group) is 1. The summed E-state index contributed by atoms with van der Waals surface area (Å²) in [6, 6.07) is 12.0. The van der Waals surface area contributed by atoms with Crippen LogP contribution in [0.3, 0.4) is 0 Å². The molecular weight excluding hydrogens is 272 g/mol. The monoisotopic (exact) mass is 304 g/mol. The molecule has 0 heterocycles. The van der Waals surface area contributed by atoms with Crippen molar-refractivity contribution in [3.05, 3.63) is 35.9 Å². The molecule has 3 rings (SSSR count). The molecule has 124 valence electrons. The topological polar surface area (TPSA) is 46.3 Å². The molecule has 2 fully saturated rings. The van der Waals surface area contributed by atoms with E-state index in [1.165, 1.54) is 25.8 Å². The molecule has 2 aliphatic carbocycles. The number of nitrogens with zero attached hydrogens (tertiary/aromatic N) is 1. The maximum atomic E-state index is 9.05. The predicted molar refractivity (Wildman–Crippen MR) is 94.0 cm³/mol. The number of rotatable bonds is 4. The Morgan fingerprint density at radius 3 is 2.36 bits per heavy atom. The van der Waals surface area contributed by atoms with Crippen molar-refractivity contribution in [1.29, 1.82) is 0 Å². The highest BCUT2D eigenvalue weighted by atomic mass is 16.1. The average molecular weight is 304 g/mol. The van der Waals surface area contributed by atoms with Crippen molar-refractivity contribution in [2.75, 3.05) is 20.1 Å². The van der Waals surface area contributed by atoms with Crippen molar-refractivity contribution in [1.82, 2.24) is 4.90 Å². The van der Waals surface area contributed by atoms with Gasteiger partial charge in [0.1, 0.15) is 6.29 Å². The first kappa shape index (κ1) is 18.9. The molecular formula is C19H32N2O. The molecule has 3 nitrogen and oxygen atoms in total. The van der Waals surface area contributed by atoms with Gasteiger partial charge in [0.05, 0.1) is 0 Å². The minimum absolute atomic E-state index is 0. The summed E-state index contributed by atoms with van der Waals surface area (Å²) in [5.74, 6) is 2.69. The highest BCUT2D eigenvalue weighted by molar-refractivity contribution is 5.51. The second kappa shape index (κ2) is 9.06. The molecule has 0 amide bonds. The Kier molecular flexibility index (Phi) is 7.77. The minimum Gasteiger partial charge on any atom is -0.324 e. The fourth-order valence-electron chi connectivity index (χ4n) is 4.25. The van der Waals surface area contributed by atoms with Crippen LogP contribution in [0.25, 0.3) is 0 Å². The van der Waals surface area contributed by atoms with Gasteiger partial charge in [0, 0.05) is 18.5 Å². The van der Waals surface area contributed by atoms with E-state index in [0.29, 0.717) is 6.29 Å². The molecule has 0 aromatic heterocycles. The SMILES string of the molecule is C.CCN(C)C1C2CCC(C2)C1c1ccccc1.NCC=O. The normalized spacial score (nSPS) is 28.7. The predicted octanol–water partition coefficient (Wildman–Crippen LogP) is 3.30. The van der Waals surface area contributed by atoms with E-state index in [1.54, 1.807) is 5.56 Å². The van der Waals surface area contributed by atoms with Crippen LogP contribution in [0.4, 0.5) is 0 Å². The summed E-state index contributed by atoms with van der Waals surface area (Å²) in [5.41, 5.74) is 6.23. The molecule has 2 N–H and O–H groups in total. The molecule has 2 bridgehead atoms. The Bertz CT molecular complexity index is 434. The van der Waals surface area contributed by atoms with Crippen LogP contribution in [0.5, 0.6) is 0 Å². The third-order valence-electron chi connectivity index (χ3n) is 5.16. The van der Waals surface area contributed by atoms with E-state index in [-0.39, 0.29) is 14.0 Å². The van der Waals surface area contributed by atoms with Gasteiger partial charge in [-0.2, -0.15) is 0 Å². The second-order valence-electron chi connectivity index (χ2n) is 6.24. The number of hydrogen-bond donors (Lipinski definition) is 1. The number of aldehydes is 1. The van der Waals surface area contributed by atoms with Crippen molar-refractivity contribution in [3.63, 3.8) is 0 Å². The van der Waals surface area contributed by atoms with E-state index in [9.17, 15) is 0 Å². The van der Waals surface area contributed by atoms with E-state index < -0.39 is 0 Å². The van der Waals surface area contributed by atoms with Crippen LogP contribution in [-0.2, 0) is 4.79 Å². The maximum absolute atomic E-state index is 9.05. The molecule has 4 unspecified atom stereocenters. The fourth-order valence-corrected chi connectivity index (χ4v) is 4.25. The van der Waals surface area contributed by atoms with Crippen LogP contribution in [0.2, 0.25) is 0 Å². The molecule has 0 aliphatic heterocycles. The molecule has 0 spiro atoms. The summed E-state index contributed by atoms with van der Waals surface area (Å²) >= 11 is 0. The van der Waals surface area contributed by atoms with Crippen LogP contribution in [0, 0.1) is 11.8 Å². The third kappa shape index (κ3) is 3.96. The molecule has 2 saturated carbocycles. The van der Waals surface area contributed by atoms with E-state index in [4.69, 9.17) is 4.79 Å². The first-order chi connectivity index (χ1) is 10.2. The molecule has 2 aliphatic rings. The highest BCUT2D eigenvalue weighted by Crippen LogP contribution is 2.54. The van der Waals surface area contributed by atoms with Crippen LogP contribution >= 0.6 is 0 Å². The van der Waals surface area contributed by atoms with Gasteiger partial charge >= 0.3 is 0 Å². The van der Waals surface area contributed by atoms with Gasteiger partial charge in [-0.25, -0.2) is 0 Å². The van der Waals surface area contributed by atoms with Crippen molar-refractivity contribution >= 4 is 6.29 Å². The Morgan fingerprint density at radius 1 is 1.23 bits per heavy atom. The van der Waals surface area contributed by atoms with Crippen molar-refractivity contribution < 1.29 is 4.79 Å². The van der Waals surface area contributed by atoms with Crippen LogP contribution in [0.1, 0.15) is 45.1 Å². The van der Waals surface area contributed by atoms with E-state index in [0.717, 1.165) is 23.8 Å². The number of carbonyl (C=O) groups excluding carboxylic acids is 1. The van der Waals surface area contributed by atoms with Gasteiger partial charge in [0.25, 0.3) is 0 Å². The average Bonchev–Trinajstić information content (AvgIpc) is 3.16. The van der Waals surface area contributed by atoms with Gasteiger partial charge in [-0.15, -0.1) is 0 Å². The number of hydrogen-bond acceptors (Lipinski definition) is 3. The Hall–Kier alpha value is -1.19. The molecule has 0 radical (unpaired) electrons. The third-order valence-corrected chi connectivity index (χ3v) is 5.16. The molecule has 1 aromatic carbocycles. The van der Waals surface area contributed by atoms with Crippen molar-refractivity contribution in [2.24, 2.45) is 17.6 Å². The van der Waals surface area contributed by atoms with Crippen LogP contribution in [0.15, 0.2) is 30.3 Å². The molecule has 4 atom stereocenters. The summed E-state index contributed by atoms with van der Waals surface area (Å²) < 4.78 is 0. The fraction of sp³-hybridized carbons (Fsp3) is 0.632.